The van der Waals surface area contributed by atoms with Crippen molar-refractivity contribution in [3.05, 3.63) is 23.5 Å². The number of hydrogen-bond donors (Lipinski definition) is 0. The predicted molar refractivity (Wildman–Crippen MR) is 64.9 cm³/mol. The van der Waals surface area contributed by atoms with Gasteiger partial charge in [-0.15, -0.1) is 11.6 Å². The second kappa shape index (κ2) is 4.58. The van der Waals surface area contributed by atoms with E-state index in [2.05, 4.69) is 16.8 Å². The minimum absolute atomic E-state index is 0.227. The molecule has 1 aromatic rings. The smallest absolute Gasteiger partial charge is 0.0822 e. The van der Waals surface area contributed by atoms with Crippen molar-refractivity contribution in [3.8, 4) is 0 Å². The number of pyridine rings is 1. The van der Waals surface area contributed by atoms with E-state index in [1.165, 1.54) is 0 Å². The molecule has 0 aromatic carbocycles. The standard InChI is InChI=1S/C11H14Cl2N2/c1-8-2-3-9(12)7-15(8)11-4-5-14-6-10(11)13/h4-6,8-9H,2-3,7H2,1H3. The van der Waals surface area contributed by atoms with Crippen LogP contribution < -0.4 is 4.90 Å². The Kier molecular flexibility index (Phi) is 3.37. The van der Waals surface area contributed by atoms with Crippen LogP contribution in [-0.2, 0) is 0 Å². The Morgan fingerprint density at radius 2 is 2.27 bits per heavy atom. The van der Waals surface area contributed by atoms with Crippen LogP contribution in [0.1, 0.15) is 19.8 Å². The van der Waals surface area contributed by atoms with Gasteiger partial charge in [0.1, 0.15) is 0 Å². The molecule has 0 radical (unpaired) electrons. The van der Waals surface area contributed by atoms with Gasteiger partial charge >= 0.3 is 0 Å². The number of nitrogens with zero attached hydrogens (tertiary/aromatic N) is 2. The van der Waals surface area contributed by atoms with E-state index in [4.69, 9.17) is 23.2 Å². The lowest BCUT2D eigenvalue weighted by Crippen LogP contribution is -2.42. The molecule has 1 saturated heterocycles. The highest BCUT2D eigenvalue weighted by atomic mass is 35.5. The highest BCUT2D eigenvalue weighted by Crippen LogP contribution is 2.31. The summed E-state index contributed by atoms with van der Waals surface area (Å²) in [7, 11) is 0. The minimum atomic E-state index is 0.227. The van der Waals surface area contributed by atoms with Gasteiger partial charge in [0.2, 0.25) is 0 Å². The molecule has 0 aliphatic carbocycles. The molecule has 2 unspecified atom stereocenters. The zero-order chi connectivity index (χ0) is 10.8. The third kappa shape index (κ3) is 2.37. The largest absolute Gasteiger partial charge is 0.366 e. The van der Waals surface area contributed by atoms with Gasteiger partial charge in [-0.25, -0.2) is 0 Å². The van der Waals surface area contributed by atoms with Gasteiger partial charge in [0.25, 0.3) is 0 Å². The Labute approximate surface area is 100 Å². The van der Waals surface area contributed by atoms with E-state index in [0.29, 0.717) is 11.1 Å². The van der Waals surface area contributed by atoms with Crippen LogP contribution in [0, 0.1) is 0 Å². The lowest BCUT2D eigenvalue weighted by atomic mass is 10.0. The van der Waals surface area contributed by atoms with E-state index in [-0.39, 0.29) is 5.38 Å². The first-order chi connectivity index (χ1) is 7.18. The number of piperidine rings is 1. The molecule has 2 rings (SSSR count). The molecule has 0 spiro atoms. The molecule has 1 fully saturated rings. The van der Waals surface area contributed by atoms with Crippen LogP contribution in [0.15, 0.2) is 18.5 Å². The van der Waals surface area contributed by atoms with Gasteiger partial charge in [0.05, 0.1) is 16.1 Å². The van der Waals surface area contributed by atoms with Crippen LogP contribution in [0.25, 0.3) is 0 Å². The molecule has 2 nitrogen and oxygen atoms in total. The average Bonchev–Trinajstić information content (AvgIpc) is 2.23. The fourth-order valence-electron chi connectivity index (χ4n) is 2.00. The van der Waals surface area contributed by atoms with Gasteiger partial charge in [-0.05, 0) is 25.8 Å². The molecule has 0 saturated carbocycles. The molecule has 0 amide bonds. The number of rotatable bonds is 1. The quantitative estimate of drug-likeness (QED) is 0.705. The van der Waals surface area contributed by atoms with E-state index in [1.54, 1.807) is 12.4 Å². The van der Waals surface area contributed by atoms with Crippen LogP contribution in [0.5, 0.6) is 0 Å². The van der Waals surface area contributed by atoms with Crippen molar-refractivity contribution in [1.29, 1.82) is 0 Å². The molecule has 0 N–H and O–H groups in total. The summed E-state index contributed by atoms with van der Waals surface area (Å²) in [4.78, 5) is 6.26. The van der Waals surface area contributed by atoms with Crippen LogP contribution in [0.3, 0.4) is 0 Å². The number of anilines is 1. The maximum absolute atomic E-state index is 6.18. The monoisotopic (exact) mass is 244 g/mol. The maximum Gasteiger partial charge on any atom is 0.0822 e. The van der Waals surface area contributed by atoms with Crippen LogP contribution in [0.4, 0.5) is 5.69 Å². The molecule has 2 atom stereocenters. The molecular weight excluding hydrogens is 231 g/mol. The van der Waals surface area contributed by atoms with Crippen LogP contribution in [0.2, 0.25) is 5.02 Å². The topological polar surface area (TPSA) is 16.1 Å². The highest BCUT2D eigenvalue weighted by molar-refractivity contribution is 6.33. The number of alkyl halides is 1. The molecule has 15 heavy (non-hydrogen) atoms. The van der Waals surface area contributed by atoms with Gasteiger partial charge in [-0.2, -0.15) is 0 Å². The minimum Gasteiger partial charge on any atom is -0.366 e. The van der Waals surface area contributed by atoms with Crippen molar-refractivity contribution in [1.82, 2.24) is 4.98 Å². The molecule has 1 aromatic heterocycles. The first kappa shape index (κ1) is 11.0. The fraction of sp³-hybridized carbons (Fsp3) is 0.545. The number of halogens is 2. The van der Waals surface area contributed by atoms with Gasteiger partial charge in [-0.1, -0.05) is 11.6 Å². The second-order valence-corrected chi connectivity index (χ2v) is 5.03. The summed E-state index contributed by atoms with van der Waals surface area (Å²) in [6, 6.07) is 2.45. The molecule has 1 aliphatic heterocycles. The summed E-state index contributed by atoms with van der Waals surface area (Å²) < 4.78 is 0. The van der Waals surface area contributed by atoms with E-state index < -0.39 is 0 Å². The SMILES string of the molecule is CC1CCC(Cl)CN1c1ccncc1Cl. The number of aromatic nitrogens is 1. The summed E-state index contributed by atoms with van der Waals surface area (Å²) in [5, 5.41) is 0.931. The summed E-state index contributed by atoms with van der Waals surface area (Å²) in [6.45, 7) is 3.08. The van der Waals surface area contributed by atoms with Gasteiger partial charge in [0, 0.05) is 25.0 Å². The summed E-state index contributed by atoms with van der Waals surface area (Å²) in [5.41, 5.74) is 1.05. The first-order valence-corrected chi connectivity index (χ1v) is 6.00. The molecule has 4 heteroatoms. The Morgan fingerprint density at radius 3 is 3.00 bits per heavy atom. The zero-order valence-corrected chi connectivity index (χ0v) is 10.2. The average molecular weight is 245 g/mol. The van der Waals surface area contributed by atoms with Crippen LogP contribution in [-0.4, -0.2) is 22.9 Å². The van der Waals surface area contributed by atoms with Crippen molar-refractivity contribution >= 4 is 28.9 Å². The summed E-state index contributed by atoms with van der Waals surface area (Å²) in [6.07, 6.45) is 5.65. The zero-order valence-electron chi connectivity index (χ0n) is 8.66. The van der Waals surface area contributed by atoms with Crippen molar-refractivity contribution in [3.63, 3.8) is 0 Å². The molecule has 1 aliphatic rings. The highest BCUT2D eigenvalue weighted by Gasteiger charge is 2.25. The Bertz CT molecular complexity index is 343. The van der Waals surface area contributed by atoms with Crippen molar-refractivity contribution in [2.24, 2.45) is 0 Å². The lowest BCUT2D eigenvalue weighted by molar-refractivity contribution is 0.490. The second-order valence-electron chi connectivity index (χ2n) is 4.00. The molecular formula is C11H14Cl2N2. The Balaban J connectivity index is 2.25. The third-order valence-corrected chi connectivity index (χ3v) is 3.53. The van der Waals surface area contributed by atoms with E-state index in [0.717, 1.165) is 25.1 Å². The Morgan fingerprint density at radius 1 is 1.47 bits per heavy atom. The maximum atomic E-state index is 6.18. The molecule has 0 bridgehead atoms. The van der Waals surface area contributed by atoms with Gasteiger partial charge < -0.3 is 4.90 Å². The van der Waals surface area contributed by atoms with E-state index in [1.807, 2.05) is 6.07 Å². The fourth-order valence-corrected chi connectivity index (χ4v) is 2.50. The van der Waals surface area contributed by atoms with Crippen molar-refractivity contribution in [2.75, 3.05) is 11.4 Å². The summed E-state index contributed by atoms with van der Waals surface area (Å²) in [5.74, 6) is 0. The number of hydrogen-bond acceptors (Lipinski definition) is 2. The lowest BCUT2D eigenvalue weighted by Gasteiger charge is -2.38. The van der Waals surface area contributed by atoms with Crippen molar-refractivity contribution in [2.45, 2.75) is 31.2 Å². The van der Waals surface area contributed by atoms with Crippen LogP contribution >= 0.6 is 23.2 Å². The van der Waals surface area contributed by atoms with Crippen molar-refractivity contribution < 1.29 is 0 Å². The molecule has 82 valence electrons. The molecule has 2 heterocycles. The first-order valence-electron chi connectivity index (χ1n) is 5.18. The summed E-state index contributed by atoms with van der Waals surface area (Å²) >= 11 is 12.3. The Hall–Kier alpha value is -0.470. The van der Waals surface area contributed by atoms with Gasteiger partial charge in [0.15, 0.2) is 0 Å². The van der Waals surface area contributed by atoms with E-state index in [9.17, 15) is 0 Å². The van der Waals surface area contributed by atoms with E-state index >= 15 is 0 Å². The van der Waals surface area contributed by atoms with Gasteiger partial charge in [-0.3, -0.25) is 4.98 Å². The normalized spacial score (nSPS) is 26.7. The third-order valence-electron chi connectivity index (χ3n) is 2.89. The predicted octanol–water partition coefficient (Wildman–Crippen LogP) is 3.33.